The summed E-state index contributed by atoms with van der Waals surface area (Å²) in [5.74, 6) is -0.107. The Morgan fingerprint density at radius 1 is 1.09 bits per heavy atom. The van der Waals surface area contributed by atoms with E-state index in [9.17, 15) is 4.79 Å². The third-order valence-electron chi connectivity index (χ3n) is 5.25. The lowest BCUT2D eigenvalue weighted by molar-refractivity contribution is -0.115. The third-order valence-corrected chi connectivity index (χ3v) is 7.41. The molecule has 0 aliphatic rings. The molecule has 0 aliphatic carbocycles. The zero-order chi connectivity index (χ0) is 22.2. The Labute approximate surface area is 193 Å². The summed E-state index contributed by atoms with van der Waals surface area (Å²) < 4.78 is 3.22. The number of hydrogen-bond donors (Lipinski definition) is 1. The largest absolute Gasteiger partial charge is 0.321 e. The van der Waals surface area contributed by atoms with Crippen molar-refractivity contribution in [3.8, 4) is 0 Å². The van der Waals surface area contributed by atoms with E-state index in [0.717, 1.165) is 32.3 Å². The lowest BCUT2D eigenvalue weighted by atomic mass is 10.2. The molecule has 3 heterocycles. The van der Waals surface area contributed by atoms with Gasteiger partial charge in [0.15, 0.2) is 10.8 Å². The normalized spacial score (nSPS) is 12.8. The number of thiazole rings is 1. The van der Waals surface area contributed by atoms with Gasteiger partial charge in [-0.25, -0.2) is 9.97 Å². The van der Waals surface area contributed by atoms with Gasteiger partial charge in [0.05, 0.1) is 21.0 Å². The van der Waals surface area contributed by atoms with E-state index in [1.54, 1.807) is 0 Å². The molecule has 1 N–H and O–H groups in total. The van der Waals surface area contributed by atoms with Crippen molar-refractivity contribution >= 4 is 66.4 Å². The number of nitrogens with one attached hydrogen (secondary N) is 1. The molecular formula is C23H22N6OS2. The lowest BCUT2D eigenvalue weighted by Crippen LogP contribution is -2.24. The Bertz CT molecular complexity index is 1410. The molecule has 5 rings (SSSR count). The van der Waals surface area contributed by atoms with Crippen LogP contribution in [0, 0.1) is 0 Å². The van der Waals surface area contributed by atoms with Gasteiger partial charge in [-0.05, 0) is 38.5 Å². The maximum Gasteiger partial charge on any atom is 0.239 e. The Morgan fingerprint density at radius 2 is 1.88 bits per heavy atom. The average molecular weight is 463 g/mol. The van der Waals surface area contributed by atoms with Crippen molar-refractivity contribution in [1.82, 2.24) is 24.7 Å². The van der Waals surface area contributed by atoms with E-state index in [4.69, 9.17) is 4.98 Å². The van der Waals surface area contributed by atoms with Crippen LogP contribution in [0.1, 0.15) is 33.2 Å². The Balaban J connectivity index is 1.43. The highest BCUT2D eigenvalue weighted by Gasteiger charge is 2.23. The van der Waals surface area contributed by atoms with E-state index < -0.39 is 0 Å². The molecule has 1 amide bonds. The monoisotopic (exact) mass is 462 g/mol. The fourth-order valence-corrected chi connectivity index (χ4v) is 5.46. The van der Waals surface area contributed by atoms with Gasteiger partial charge in [-0.1, -0.05) is 60.4 Å². The molecule has 1 atom stereocenters. The van der Waals surface area contributed by atoms with Gasteiger partial charge in [0.1, 0.15) is 5.52 Å². The maximum atomic E-state index is 13.0. The van der Waals surface area contributed by atoms with Crippen molar-refractivity contribution in [2.24, 2.45) is 0 Å². The van der Waals surface area contributed by atoms with Crippen LogP contribution in [0.15, 0.2) is 53.7 Å². The molecule has 2 aromatic carbocycles. The first-order valence-electron chi connectivity index (χ1n) is 10.5. The fraction of sp³-hybridized carbons (Fsp3) is 0.261. The number of carbonyl (C=O) groups excluding carboxylic acids is 1. The Hall–Kier alpha value is -3.04. The second-order valence-corrected chi connectivity index (χ2v) is 9.94. The van der Waals surface area contributed by atoms with Gasteiger partial charge in [0.2, 0.25) is 11.1 Å². The van der Waals surface area contributed by atoms with Gasteiger partial charge < -0.3 is 9.88 Å². The average Bonchev–Trinajstić information content (AvgIpc) is 3.35. The summed E-state index contributed by atoms with van der Waals surface area (Å²) in [5, 5.41) is 13.6. The molecule has 0 bridgehead atoms. The summed E-state index contributed by atoms with van der Waals surface area (Å²) in [6, 6.07) is 16.2. The number of carbonyl (C=O) groups is 1. The first-order valence-corrected chi connectivity index (χ1v) is 12.2. The van der Waals surface area contributed by atoms with Gasteiger partial charge in [-0.15, -0.1) is 10.2 Å². The van der Waals surface area contributed by atoms with Gasteiger partial charge in [0.25, 0.3) is 0 Å². The number of fused-ring (bicyclic) bond motifs is 4. The summed E-state index contributed by atoms with van der Waals surface area (Å²) in [4.78, 5) is 22.3. The number of nitrogens with zero attached hydrogens (tertiary/aromatic N) is 5. The fourth-order valence-electron chi connectivity index (χ4n) is 3.78. The minimum atomic E-state index is -0.349. The topological polar surface area (TPSA) is 85.6 Å². The minimum Gasteiger partial charge on any atom is -0.321 e. The van der Waals surface area contributed by atoms with Crippen LogP contribution in [0.2, 0.25) is 0 Å². The second-order valence-electron chi connectivity index (χ2n) is 7.74. The van der Waals surface area contributed by atoms with E-state index in [1.807, 2.05) is 49.4 Å². The molecule has 0 fully saturated rings. The van der Waals surface area contributed by atoms with Crippen LogP contribution < -0.4 is 5.32 Å². The number of anilines is 1. The van der Waals surface area contributed by atoms with E-state index in [-0.39, 0.29) is 17.2 Å². The van der Waals surface area contributed by atoms with Crippen molar-refractivity contribution in [3.63, 3.8) is 0 Å². The van der Waals surface area contributed by atoms with Crippen molar-refractivity contribution in [3.05, 3.63) is 48.5 Å². The number of para-hydroxylation sites is 2. The molecule has 9 heteroatoms. The molecule has 5 aromatic rings. The quantitative estimate of drug-likeness (QED) is 0.327. The molecule has 0 saturated carbocycles. The summed E-state index contributed by atoms with van der Waals surface area (Å²) in [7, 11) is 0. The summed E-state index contributed by atoms with van der Waals surface area (Å²) in [6.07, 6.45) is 0.635. The van der Waals surface area contributed by atoms with Crippen LogP contribution in [-0.2, 0) is 4.79 Å². The molecule has 162 valence electrons. The van der Waals surface area contributed by atoms with Crippen molar-refractivity contribution in [2.75, 3.05) is 5.32 Å². The standard InChI is InChI=1S/C23H22N6OS2/c1-4-17(21(30)26-22-24-15-10-6-8-12-18(15)32-22)31-23-25-20-19(27-28-23)14-9-5-7-11-16(14)29(20)13(2)3/h5-13,17H,4H2,1-3H3,(H,24,26,30). The van der Waals surface area contributed by atoms with Crippen LogP contribution in [0.3, 0.4) is 0 Å². The minimum absolute atomic E-state index is 0.107. The van der Waals surface area contributed by atoms with Crippen LogP contribution in [-0.4, -0.2) is 35.9 Å². The molecule has 0 radical (unpaired) electrons. The highest BCUT2D eigenvalue weighted by atomic mass is 32.2. The highest BCUT2D eigenvalue weighted by molar-refractivity contribution is 8.00. The van der Waals surface area contributed by atoms with Gasteiger partial charge in [-0.2, -0.15) is 0 Å². The van der Waals surface area contributed by atoms with Gasteiger partial charge >= 0.3 is 0 Å². The van der Waals surface area contributed by atoms with E-state index in [1.165, 1.54) is 23.1 Å². The molecule has 0 spiro atoms. The van der Waals surface area contributed by atoms with Crippen LogP contribution in [0.4, 0.5) is 5.13 Å². The zero-order valence-corrected chi connectivity index (χ0v) is 19.6. The molecule has 3 aromatic heterocycles. The predicted molar refractivity (Wildman–Crippen MR) is 131 cm³/mol. The molecule has 0 saturated heterocycles. The van der Waals surface area contributed by atoms with E-state index in [2.05, 4.69) is 45.0 Å². The number of amides is 1. The number of hydrogen-bond acceptors (Lipinski definition) is 7. The summed E-state index contributed by atoms with van der Waals surface area (Å²) in [5.41, 5.74) is 3.54. The van der Waals surface area contributed by atoms with Crippen LogP contribution >= 0.6 is 23.1 Å². The third kappa shape index (κ3) is 3.71. The number of aromatic nitrogens is 5. The first kappa shape index (κ1) is 20.8. The van der Waals surface area contributed by atoms with Gasteiger partial charge in [0, 0.05) is 11.4 Å². The zero-order valence-electron chi connectivity index (χ0n) is 17.9. The van der Waals surface area contributed by atoms with E-state index >= 15 is 0 Å². The molecule has 0 aliphatic heterocycles. The van der Waals surface area contributed by atoms with Crippen molar-refractivity contribution in [2.45, 2.75) is 43.6 Å². The molecule has 1 unspecified atom stereocenters. The Morgan fingerprint density at radius 3 is 2.66 bits per heavy atom. The SMILES string of the molecule is CCC(Sc1nnc2c3ccccc3n(C(C)C)c2n1)C(=O)Nc1nc2ccccc2s1. The highest BCUT2D eigenvalue weighted by Crippen LogP contribution is 2.32. The van der Waals surface area contributed by atoms with E-state index in [0.29, 0.717) is 16.7 Å². The smallest absolute Gasteiger partial charge is 0.239 e. The Kier molecular flexibility index (Phi) is 5.52. The second kappa shape index (κ2) is 8.48. The van der Waals surface area contributed by atoms with Crippen LogP contribution in [0.25, 0.3) is 32.3 Å². The lowest BCUT2D eigenvalue weighted by Gasteiger charge is -2.13. The first-order chi connectivity index (χ1) is 15.5. The summed E-state index contributed by atoms with van der Waals surface area (Å²) >= 11 is 2.80. The number of benzene rings is 2. The molecule has 7 nitrogen and oxygen atoms in total. The summed E-state index contributed by atoms with van der Waals surface area (Å²) in [6.45, 7) is 6.23. The van der Waals surface area contributed by atoms with Crippen LogP contribution in [0.5, 0.6) is 0 Å². The maximum absolute atomic E-state index is 13.0. The number of rotatable bonds is 6. The molecular weight excluding hydrogens is 440 g/mol. The van der Waals surface area contributed by atoms with Crippen molar-refractivity contribution < 1.29 is 4.79 Å². The predicted octanol–water partition coefficient (Wildman–Crippen LogP) is 5.68. The van der Waals surface area contributed by atoms with Crippen molar-refractivity contribution in [1.29, 1.82) is 0 Å². The van der Waals surface area contributed by atoms with Gasteiger partial charge in [-0.3, -0.25) is 4.79 Å². The number of thioether (sulfide) groups is 1. The molecule has 32 heavy (non-hydrogen) atoms.